The number of nitrogens with zero attached hydrogens (tertiary/aromatic N) is 3. The summed E-state index contributed by atoms with van der Waals surface area (Å²) in [5.41, 5.74) is 2.35. The first kappa shape index (κ1) is 15.2. The Morgan fingerprint density at radius 2 is 2.04 bits per heavy atom. The summed E-state index contributed by atoms with van der Waals surface area (Å²) in [6.45, 7) is 0.767. The zero-order valence-electron chi connectivity index (χ0n) is 14.2. The highest BCUT2D eigenvalue weighted by Gasteiger charge is 2.36. The van der Waals surface area contributed by atoms with E-state index in [1.807, 2.05) is 36.4 Å². The maximum Gasteiger partial charge on any atom is 0.270 e. The highest BCUT2D eigenvalue weighted by molar-refractivity contribution is 5.98. The molecule has 0 spiro atoms. The van der Waals surface area contributed by atoms with Gasteiger partial charge in [0, 0.05) is 23.1 Å². The van der Waals surface area contributed by atoms with E-state index in [-0.39, 0.29) is 17.9 Å². The second-order valence-corrected chi connectivity index (χ2v) is 7.02. The van der Waals surface area contributed by atoms with Gasteiger partial charge in [-0.2, -0.15) is 5.10 Å². The van der Waals surface area contributed by atoms with Gasteiger partial charge in [0.1, 0.15) is 11.7 Å². The Hall–Kier alpha value is -3.09. The smallest absolute Gasteiger partial charge is 0.270 e. The highest BCUT2D eigenvalue weighted by atomic mass is 16.2. The van der Waals surface area contributed by atoms with Gasteiger partial charge in [0.05, 0.1) is 18.8 Å². The Morgan fingerprint density at radius 1 is 1.19 bits per heavy atom. The van der Waals surface area contributed by atoms with Crippen LogP contribution in [0.4, 0.5) is 0 Å². The molecule has 1 aliphatic carbocycles. The summed E-state index contributed by atoms with van der Waals surface area (Å²) >= 11 is 0. The average molecular weight is 349 g/mol. The summed E-state index contributed by atoms with van der Waals surface area (Å²) in [6, 6.07) is 11.3. The van der Waals surface area contributed by atoms with Gasteiger partial charge in [-0.05, 0) is 31.0 Å². The number of nitrogens with one attached hydrogen (secondary N) is 2. The van der Waals surface area contributed by atoms with Gasteiger partial charge in [0.2, 0.25) is 5.91 Å². The normalized spacial score (nSPS) is 19.4. The lowest BCUT2D eigenvalue weighted by molar-refractivity contribution is -0.125. The van der Waals surface area contributed by atoms with Crippen LogP contribution in [0.15, 0.2) is 42.6 Å². The van der Waals surface area contributed by atoms with E-state index in [0.29, 0.717) is 18.8 Å². The first-order valence-electron chi connectivity index (χ1n) is 8.89. The molecule has 2 aromatic heterocycles. The van der Waals surface area contributed by atoms with Gasteiger partial charge in [-0.3, -0.25) is 14.3 Å². The molecule has 1 fully saturated rings. The van der Waals surface area contributed by atoms with Crippen LogP contribution in [0.2, 0.25) is 0 Å². The largest absolute Gasteiger partial charge is 0.351 e. The van der Waals surface area contributed by atoms with Crippen molar-refractivity contribution in [1.82, 2.24) is 25.0 Å². The Kier molecular flexibility index (Phi) is 3.34. The molecule has 7 nitrogen and oxygen atoms in total. The molecular weight excluding hydrogens is 330 g/mol. The quantitative estimate of drug-likeness (QED) is 0.757. The van der Waals surface area contributed by atoms with Crippen molar-refractivity contribution in [1.29, 1.82) is 0 Å². The van der Waals surface area contributed by atoms with Crippen molar-refractivity contribution in [2.45, 2.75) is 31.5 Å². The molecule has 2 N–H and O–H groups in total. The van der Waals surface area contributed by atoms with E-state index in [1.165, 1.54) is 0 Å². The minimum Gasteiger partial charge on any atom is -0.351 e. The second-order valence-electron chi connectivity index (χ2n) is 7.02. The van der Waals surface area contributed by atoms with E-state index < -0.39 is 6.04 Å². The molecule has 1 atom stereocenters. The van der Waals surface area contributed by atoms with E-state index >= 15 is 0 Å². The molecule has 0 bridgehead atoms. The summed E-state index contributed by atoms with van der Waals surface area (Å²) in [7, 11) is 0. The molecule has 2 amide bonds. The molecule has 0 saturated heterocycles. The van der Waals surface area contributed by atoms with Crippen LogP contribution in [0.25, 0.3) is 10.9 Å². The average Bonchev–Trinajstić information content (AvgIpc) is 3.18. The van der Waals surface area contributed by atoms with Crippen LogP contribution in [0.5, 0.6) is 0 Å². The van der Waals surface area contributed by atoms with Crippen LogP contribution in [0, 0.1) is 0 Å². The molecule has 1 aromatic carbocycles. The van der Waals surface area contributed by atoms with Crippen LogP contribution in [-0.2, 0) is 11.3 Å². The van der Waals surface area contributed by atoms with E-state index in [1.54, 1.807) is 15.8 Å². The maximum absolute atomic E-state index is 13.0. The molecule has 5 rings (SSSR count). The van der Waals surface area contributed by atoms with E-state index in [0.717, 1.165) is 29.4 Å². The number of rotatable bonds is 3. The minimum atomic E-state index is -0.484. The third-order valence-electron chi connectivity index (χ3n) is 5.07. The number of hydrogen-bond donors (Lipinski definition) is 2. The first-order chi connectivity index (χ1) is 12.7. The summed E-state index contributed by atoms with van der Waals surface area (Å²) in [6.07, 6.45) is 3.74. The molecule has 1 aliphatic heterocycles. The number of aromatic nitrogens is 3. The number of fused-ring (bicyclic) bond motifs is 2. The number of aromatic amines is 1. The summed E-state index contributed by atoms with van der Waals surface area (Å²) in [5.74, 6) is -0.163. The molecule has 0 radical (unpaired) electrons. The molecule has 3 heterocycles. The van der Waals surface area contributed by atoms with Gasteiger partial charge in [-0.1, -0.05) is 18.2 Å². The van der Waals surface area contributed by atoms with E-state index in [9.17, 15) is 9.59 Å². The fraction of sp³-hybridized carbons (Fsp3) is 0.316. The van der Waals surface area contributed by atoms with Crippen LogP contribution in [0.1, 0.15) is 35.1 Å². The Morgan fingerprint density at radius 3 is 2.85 bits per heavy atom. The number of hydrogen-bond acceptors (Lipinski definition) is 3. The zero-order chi connectivity index (χ0) is 17.7. The van der Waals surface area contributed by atoms with Gasteiger partial charge >= 0.3 is 0 Å². The first-order valence-corrected chi connectivity index (χ1v) is 8.89. The topological polar surface area (TPSA) is 83.0 Å². The Balaban J connectivity index is 1.43. The minimum absolute atomic E-state index is 0.0633. The van der Waals surface area contributed by atoms with Crippen LogP contribution >= 0.6 is 0 Å². The number of benzene rings is 1. The fourth-order valence-corrected chi connectivity index (χ4v) is 3.53. The van der Waals surface area contributed by atoms with Gasteiger partial charge in [0.15, 0.2) is 0 Å². The molecule has 1 saturated carbocycles. The fourth-order valence-electron chi connectivity index (χ4n) is 3.53. The SMILES string of the molecule is O=C(NC1CC1)[C@@H]1CN(C(=O)c2cc3ccccc3[nH]2)Cc2ccnn21. The Labute approximate surface area is 150 Å². The third-order valence-corrected chi connectivity index (χ3v) is 5.07. The number of amides is 2. The molecule has 26 heavy (non-hydrogen) atoms. The molecule has 0 unspecified atom stereocenters. The molecule has 3 aromatic rings. The van der Waals surface area contributed by atoms with Crippen LogP contribution in [-0.4, -0.2) is 44.1 Å². The summed E-state index contributed by atoms with van der Waals surface area (Å²) < 4.78 is 1.74. The van der Waals surface area contributed by atoms with Crippen LogP contribution < -0.4 is 5.32 Å². The lowest BCUT2D eigenvalue weighted by atomic mass is 10.1. The van der Waals surface area contributed by atoms with E-state index in [4.69, 9.17) is 0 Å². The third kappa shape index (κ3) is 2.56. The lowest BCUT2D eigenvalue weighted by Gasteiger charge is -2.33. The van der Waals surface area contributed by atoms with Crippen molar-refractivity contribution in [3.05, 3.63) is 54.0 Å². The second kappa shape index (κ2) is 5.72. The van der Waals surface area contributed by atoms with E-state index in [2.05, 4.69) is 15.4 Å². The monoisotopic (exact) mass is 349 g/mol. The summed E-state index contributed by atoms with van der Waals surface area (Å²) in [5, 5.41) is 8.33. The standard InChI is InChI=1S/C19H19N5O2/c25-18(21-13-5-6-13)17-11-23(10-14-7-8-20-24(14)17)19(26)16-9-12-3-1-2-4-15(12)22-16/h1-4,7-9,13,17,22H,5-6,10-11H2,(H,21,25)/t17-/m0/s1. The van der Waals surface area contributed by atoms with Crippen molar-refractivity contribution in [3.63, 3.8) is 0 Å². The lowest BCUT2D eigenvalue weighted by Crippen LogP contribution is -2.47. The summed E-state index contributed by atoms with van der Waals surface area (Å²) in [4.78, 5) is 30.6. The van der Waals surface area contributed by atoms with Crippen molar-refractivity contribution in [2.24, 2.45) is 0 Å². The zero-order valence-corrected chi connectivity index (χ0v) is 14.2. The van der Waals surface area contributed by atoms with Gasteiger partial charge < -0.3 is 15.2 Å². The molecule has 132 valence electrons. The predicted molar refractivity (Wildman–Crippen MR) is 95.5 cm³/mol. The van der Waals surface area contributed by atoms with Crippen molar-refractivity contribution < 1.29 is 9.59 Å². The number of carbonyl (C=O) groups excluding carboxylic acids is 2. The van der Waals surface area contributed by atoms with Crippen LogP contribution in [0.3, 0.4) is 0 Å². The van der Waals surface area contributed by atoms with Gasteiger partial charge in [0.25, 0.3) is 5.91 Å². The molecular formula is C19H19N5O2. The number of carbonyl (C=O) groups is 2. The highest BCUT2D eigenvalue weighted by Crippen LogP contribution is 2.25. The Bertz CT molecular complexity index is 967. The molecule has 7 heteroatoms. The van der Waals surface area contributed by atoms with Gasteiger partial charge in [-0.25, -0.2) is 0 Å². The van der Waals surface area contributed by atoms with Crippen molar-refractivity contribution in [3.8, 4) is 0 Å². The van der Waals surface area contributed by atoms with Gasteiger partial charge in [-0.15, -0.1) is 0 Å². The molecule has 2 aliphatic rings. The van der Waals surface area contributed by atoms with Crippen molar-refractivity contribution in [2.75, 3.05) is 6.54 Å². The maximum atomic E-state index is 13.0. The van der Waals surface area contributed by atoms with Crippen molar-refractivity contribution >= 4 is 22.7 Å². The number of H-pyrrole nitrogens is 1. The predicted octanol–water partition coefficient (Wildman–Crippen LogP) is 1.84. The number of para-hydroxylation sites is 1.